The van der Waals surface area contributed by atoms with Crippen molar-refractivity contribution in [3.8, 4) is 0 Å². The summed E-state index contributed by atoms with van der Waals surface area (Å²) in [6.45, 7) is 2.76. The van der Waals surface area contributed by atoms with Gasteiger partial charge in [-0.2, -0.15) is 8.42 Å². The number of hydrogen-bond acceptors (Lipinski definition) is 4. The van der Waals surface area contributed by atoms with Crippen LogP contribution >= 0.6 is 0 Å². The number of rotatable bonds is 3. The van der Waals surface area contributed by atoms with Crippen LogP contribution in [0.4, 0.5) is 0 Å². The van der Waals surface area contributed by atoms with E-state index >= 15 is 0 Å². The topological polar surface area (TPSA) is 60.4 Å². The van der Waals surface area contributed by atoms with Gasteiger partial charge in [-0.1, -0.05) is 6.92 Å². The van der Waals surface area contributed by atoms with E-state index in [0.717, 1.165) is 6.92 Å². The van der Waals surface area contributed by atoms with E-state index in [1.54, 1.807) is 6.92 Å². The molecule has 0 aromatic carbocycles. The molecule has 0 saturated heterocycles. The van der Waals surface area contributed by atoms with Crippen molar-refractivity contribution in [1.82, 2.24) is 0 Å². The molecule has 0 radical (unpaired) electrons. The summed E-state index contributed by atoms with van der Waals surface area (Å²) in [7, 11) is -3.58. The Hall–Kier alpha value is 0.420. The van der Waals surface area contributed by atoms with Gasteiger partial charge < -0.3 is 5.61 Å². The molecule has 0 atom stereocenters. The quantitative estimate of drug-likeness (QED) is 0.362. The Morgan fingerprint density at radius 1 is 1.55 bits per heavy atom. The number of hydrogen-bond donors (Lipinski definition) is 0. The molecule has 0 aliphatic heterocycles. The van der Waals surface area contributed by atoms with Gasteiger partial charge in [0.25, 0.3) is 0 Å². The van der Waals surface area contributed by atoms with E-state index in [1.807, 2.05) is 0 Å². The van der Waals surface area contributed by atoms with Crippen LogP contribution in [0.15, 0.2) is 0 Å². The van der Waals surface area contributed by atoms with Gasteiger partial charge in [-0.3, -0.25) is 4.79 Å². The van der Waals surface area contributed by atoms with Crippen LogP contribution < -0.4 is 29.6 Å². The van der Waals surface area contributed by atoms with Crippen LogP contribution in [0.2, 0.25) is 0 Å². The fourth-order valence-corrected chi connectivity index (χ4v) is 1.41. The third-order valence-electron chi connectivity index (χ3n) is 0.698. The minimum Gasteiger partial charge on any atom is -1.00 e. The molecule has 0 bridgehead atoms. The van der Waals surface area contributed by atoms with E-state index in [2.05, 4.69) is 4.18 Å². The van der Waals surface area contributed by atoms with Gasteiger partial charge in [0, 0.05) is 6.92 Å². The zero-order valence-corrected chi connectivity index (χ0v) is 9.77. The average molecular weight is 190 g/mol. The predicted molar refractivity (Wildman–Crippen MR) is 37.0 cm³/mol. The normalized spacial score (nSPS) is 10.0. The minimum absolute atomic E-state index is 0. The SMILES string of the molecule is CCCS(=O)(=O)OC(C)=O.[H-].[Na+]. The summed E-state index contributed by atoms with van der Waals surface area (Å²) in [5.41, 5.74) is 0. The molecule has 0 saturated carbocycles. The van der Waals surface area contributed by atoms with Crippen molar-refractivity contribution in [3.05, 3.63) is 0 Å². The molecular formula is C5H11NaO4S. The molecule has 62 valence electrons. The second-order valence-electron chi connectivity index (χ2n) is 1.84. The molecule has 0 aromatic rings. The maximum Gasteiger partial charge on any atom is 1.00 e. The first-order chi connectivity index (χ1) is 4.48. The van der Waals surface area contributed by atoms with Crippen molar-refractivity contribution in [2.45, 2.75) is 20.3 Å². The van der Waals surface area contributed by atoms with Crippen molar-refractivity contribution in [2.24, 2.45) is 0 Å². The molecule has 0 amide bonds. The van der Waals surface area contributed by atoms with Gasteiger partial charge in [0.05, 0.1) is 5.75 Å². The van der Waals surface area contributed by atoms with Crippen LogP contribution in [-0.4, -0.2) is 20.1 Å². The fraction of sp³-hybridized carbons (Fsp3) is 0.800. The number of carbonyl (C=O) groups is 1. The van der Waals surface area contributed by atoms with Gasteiger partial charge in [-0.25, -0.2) is 0 Å². The Labute approximate surface area is 90.2 Å². The minimum atomic E-state index is -3.58. The Kier molecular flexibility index (Phi) is 7.61. The third kappa shape index (κ3) is 8.33. The molecule has 0 rings (SSSR count). The van der Waals surface area contributed by atoms with E-state index in [4.69, 9.17) is 0 Å². The van der Waals surface area contributed by atoms with Crippen LogP contribution in [0, 0.1) is 0 Å². The van der Waals surface area contributed by atoms with Crippen LogP contribution in [0.1, 0.15) is 21.7 Å². The Bertz CT molecular complexity index is 213. The van der Waals surface area contributed by atoms with Crippen molar-refractivity contribution in [2.75, 3.05) is 5.75 Å². The molecule has 6 heteroatoms. The van der Waals surface area contributed by atoms with E-state index < -0.39 is 16.1 Å². The van der Waals surface area contributed by atoms with Gasteiger partial charge in [-0.15, -0.1) is 0 Å². The smallest absolute Gasteiger partial charge is 1.00 e. The molecule has 0 N–H and O–H groups in total. The summed E-state index contributed by atoms with van der Waals surface area (Å²) in [5.74, 6) is -0.888. The monoisotopic (exact) mass is 190 g/mol. The van der Waals surface area contributed by atoms with Crippen molar-refractivity contribution >= 4 is 16.1 Å². The molecule has 0 aliphatic carbocycles. The summed E-state index contributed by atoms with van der Waals surface area (Å²) < 4.78 is 25.2. The number of carbonyl (C=O) groups excluding carboxylic acids is 1. The molecule has 4 nitrogen and oxygen atoms in total. The summed E-state index contributed by atoms with van der Waals surface area (Å²) >= 11 is 0. The zero-order valence-electron chi connectivity index (χ0n) is 7.96. The van der Waals surface area contributed by atoms with E-state index in [0.29, 0.717) is 6.42 Å². The first-order valence-electron chi connectivity index (χ1n) is 2.90. The maximum absolute atomic E-state index is 10.6. The summed E-state index contributed by atoms with van der Waals surface area (Å²) in [4.78, 5) is 10.1. The van der Waals surface area contributed by atoms with E-state index in [9.17, 15) is 13.2 Å². The summed E-state index contributed by atoms with van der Waals surface area (Å²) in [5, 5.41) is 0. The van der Waals surface area contributed by atoms with Crippen LogP contribution in [0.3, 0.4) is 0 Å². The second-order valence-corrected chi connectivity index (χ2v) is 3.53. The molecule has 0 aliphatic rings. The van der Waals surface area contributed by atoms with Crippen molar-refractivity contribution < 1.29 is 48.4 Å². The molecule has 0 unspecified atom stereocenters. The molecular weight excluding hydrogens is 179 g/mol. The molecule has 0 spiro atoms. The van der Waals surface area contributed by atoms with Crippen LogP contribution in [0.5, 0.6) is 0 Å². The molecule has 0 fully saturated rings. The largest absolute Gasteiger partial charge is 1.00 e. The predicted octanol–water partition coefficient (Wildman–Crippen LogP) is -2.59. The van der Waals surface area contributed by atoms with Gasteiger partial charge in [0.1, 0.15) is 0 Å². The molecule has 0 heterocycles. The van der Waals surface area contributed by atoms with Crippen LogP contribution in [0.25, 0.3) is 0 Å². The third-order valence-corrected chi connectivity index (χ3v) is 2.10. The maximum atomic E-state index is 10.6. The van der Waals surface area contributed by atoms with Gasteiger partial charge >= 0.3 is 45.6 Å². The average Bonchev–Trinajstić information content (AvgIpc) is 1.59. The Balaban J connectivity index is -0.000000405. The Morgan fingerprint density at radius 3 is 2.27 bits per heavy atom. The summed E-state index contributed by atoms with van der Waals surface area (Å²) in [6.07, 6.45) is 0.454. The Morgan fingerprint density at radius 2 is 2.00 bits per heavy atom. The van der Waals surface area contributed by atoms with Crippen molar-refractivity contribution in [3.63, 3.8) is 0 Å². The van der Waals surface area contributed by atoms with Gasteiger partial charge in [0.2, 0.25) is 0 Å². The first-order valence-corrected chi connectivity index (χ1v) is 4.48. The zero-order chi connectivity index (χ0) is 8.20. The van der Waals surface area contributed by atoms with E-state index in [-0.39, 0.29) is 36.7 Å². The van der Waals surface area contributed by atoms with Crippen molar-refractivity contribution in [1.29, 1.82) is 0 Å². The van der Waals surface area contributed by atoms with Gasteiger partial charge in [-0.05, 0) is 6.42 Å². The summed E-state index contributed by atoms with van der Waals surface area (Å²) in [6, 6.07) is 0. The standard InChI is InChI=1S/C5H10O4S.Na.H/c1-3-4-10(7,8)9-5(2)6;;/h3-4H2,1-2H3;;/q;+1;-1. The molecule has 0 aromatic heterocycles. The van der Waals surface area contributed by atoms with Gasteiger partial charge in [0.15, 0.2) is 0 Å². The molecule has 11 heavy (non-hydrogen) atoms. The second kappa shape index (κ2) is 5.99. The van der Waals surface area contributed by atoms with Crippen LogP contribution in [-0.2, 0) is 19.1 Å². The van der Waals surface area contributed by atoms with E-state index in [1.165, 1.54) is 0 Å². The first kappa shape index (κ1) is 14.0. The fourth-order valence-electron chi connectivity index (χ4n) is 0.470.